The Bertz CT molecular complexity index is 392. The molecule has 0 radical (unpaired) electrons. The quantitative estimate of drug-likeness (QED) is 0.260. The first-order valence-electron chi connectivity index (χ1n) is 6.59. The molecule has 0 heterocycles. The number of alkyl halides is 3. The fourth-order valence-electron chi connectivity index (χ4n) is 1.89. The molecule has 0 aliphatic heterocycles. The van der Waals surface area contributed by atoms with Crippen LogP contribution in [0.1, 0.15) is 49.4 Å². The van der Waals surface area contributed by atoms with Crippen molar-refractivity contribution in [3.05, 3.63) is 35.9 Å². The Balaban J connectivity index is 2.57. The van der Waals surface area contributed by atoms with E-state index in [1.807, 2.05) is 22.6 Å². The lowest BCUT2D eigenvalue weighted by Gasteiger charge is -2.18. The summed E-state index contributed by atoms with van der Waals surface area (Å²) in [5.74, 6) is -4.33. The summed E-state index contributed by atoms with van der Waals surface area (Å²) >= 11 is 2.03. The van der Waals surface area contributed by atoms with Crippen molar-refractivity contribution in [2.75, 3.05) is 0 Å². The van der Waals surface area contributed by atoms with Crippen LogP contribution in [-0.4, -0.2) is 15.6 Å². The van der Waals surface area contributed by atoms with Gasteiger partial charge in [-0.05, 0) is 6.42 Å². The number of Topliss-reactive ketones (excluding diaryl/α,β-unsaturated/α-hetero) is 1. The van der Waals surface area contributed by atoms with Crippen molar-refractivity contribution in [1.82, 2.24) is 0 Å². The molecule has 0 saturated heterocycles. The Morgan fingerprint density at radius 1 is 1.26 bits per heavy atom. The number of unbranched alkanes of at least 4 members (excludes halogenated alkanes) is 2. The third kappa shape index (κ3) is 5.55. The number of hydrogen-bond donors (Lipinski definition) is 0. The van der Waals surface area contributed by atoms with E-state index in [1.165, 1.54) is 12.1 Å². The average molecular weight is 380 g/mol. The normalized spacial score (nSPS) is 13.3. The van der Waals surface area contributed by atoms with Gasteiger partial charge >= 0.3 is 5.92 Å². The summed E-state index contributed by atoms with van der Waals surface area (Å²) in [6.07, 6.45) is 3.44. The van der Waals surface area contributed by atoms with Crippen LogP contribution < -0.4 is 0 Å². The summed E-state index contributed by atoms with van der Waals surface area (Å²) in [6.45, 7) is 2.08. The molecule has 1 nitrogen and oxygen atoms in total. The van der Waals surface area contributed by atoms with E-state index in [4.69, 9.17) is 0 Å². The molecular formula is C15H19F2IO. The molecule has 1 aromatic rings. The van der Waals surface area contributed by atoms with Crippen LogP contribution in [0.4, 0.5) is 8.78 Å². The van der Waals surface area contributed by atoms with Crippen LogP contribution in [-0.2, 0) is 0 Å². The zero-order chi connectivity index (χ0) is 14.3. The molecule has 0 aliphatic carbocycles. The Hall–Kier alpha value is -0.520. The Morgan fingerprint density at radius 3 is 2.47 bits per heavy atom. The third-order valence-corrected chi connectivity index (χ3v) is 4.03. The molecule has 1 unspecified atom stereocenters. The van der Waals surface area contributed by atoms with Crippen molar-refractivity contribution >= 4 is 28.4 Å². The van der Waals surface area contributed by atoms with Gasteiger partial charge in [0.15, 0.2) is 0 Å². The molecule has 4 heteroatoms. The molecule has 0 spiro atoms. The maximum atomic E-state index is 13.9. The highest BCUT2D eigenvalue weighted by molar-refractivity contribution is 14.1. The van der Waals surface area contributed by atoms with Gasteiger partial charge in [-0.3, -0.25) is 4.79 Å². The van der Waals surface area contributed by atoms with Crippen LogP contribution in [0.25, 0.3) is 0 Å². The van der Waals surface area contributed by atoms with E-state index in [0.717, 1.165) is 25.7 Å². The fraction of sp³-hybridized carbons (Fsp3) is 0.533. The van der Waals surface area contributed by atoms with Crippen molar-refractivity contribution in [2.24, 2.45) is 0 Å². The molecule has 1 atom stereocenters. The van der Waals surface area contributed by atoms with E-state index in [9.17, 15) is 13.6 Å². The number of carbonyl (C=O) groups is 1. The number of rotatable bonds is 8. The van der Waals surface area contributed by atoms with Gasteiger partial charge in [-0.25, -0.2) is 0 Å². The van der Waals surface area contributed by atoms with Crippen molar-refractivity contribution in [3.63, 3.8) is 0 Å². The molecular weight excluding hydrogens is 361 g/mol. The Kier molecular flexibility index (Phi) is 6.89. The van der Waals surface area contributed by atoms with Crippen LogP contribution in [0.5, 0.6) is 0 Å². The van der Waals surface area contributed by atoms with Gasteiger partial charge in [-0.15, -0.1) is 0 Å². The van der Waals surface area contributed by atoms with Gasteiger partial charge in [-0.1, -0.05) is 79.1 Å². The highest BCUT2D eigenvalue weighted by Crippen LogP contribution is 2.30. The average Bonchev–Trinajstić information content (AvgIpc) is 2.38. The molecule has 0 fully saturated rings. The largest absolute Gasteiger partial charge is 0.310 e. The van der Waals surface area contributed by atoms with Crippen LogP contribution >= 0.6 is 22.6 Å². The minimum absolute atomic E-state index is 0.0876. The number of halogens is 3. The highest BCUT2D eigenvalue weighted by atomic mass is 127. The van der Waals surface area contributed by atoms with Crippen molar-refractivity contribution in [3.8, 4) is 0 Å². The second-order valence-corrected chi connectivity index (χ2v) is 6.46. The van der Waals surface area contributed by atoms with Gasteiger partial charge < -0.3 is 0 Å². The predicted molar refractivity (Wildman–Crippen MR) is 82.3 cm³/mol. The maximum Gasteiger partial charge on any atom is 0.310 e. The Morgan fingerprint density at radius 2 is 1.89 bits per heavy atom. The molecule has 1 aromatic carbocycles. The second kappa shape index (κ2) is 7.92. The van der Waals surface area contributed by atoms with Gasteiger partial charge in [0.25, 0.3) is 0 Å². The van der Waals surface area contributed by atoms with Crippen molar-refractivity contribution < 1.29 is 13.6 Å². The second-order valence-electron chi connectivity index (χ2n) is 4.70. The molecule has 106 valence electrons. The highest BCUT2D eigenvalue weighted by Gasteiger charge is 2.40. The number of benzene rings is 1. The van der Waals surface area contributed by atoms with Gasteiger partial charge in [0.1, 0.15) is 0 Å². The lowest BCUT2D eigenvalue weighted by Crippen LogP contribution is -2.31. The zero-order valence-corrected chi connectivity index (χ0v) is 13.2. The number of hydrogen-bond acceptors (Lipinski definition) is 1. The molecule has 0 saturated carbocycles. The van der Waals surface area contributed by atoms with Gasteiger partial charge in [-0.2, -0.15) is 8.78 Å². The van der Waals surface area contributed by atoms with Crippen LogP contribution in [0.15, 0.2) is 30.3 Å². The number of ketones is 1. The standard InChI is InChI=1S/C15H19F2IO/c1-2-3-5-10-13(18)11-15(16,17)14(19)12-8-6-4-7-9-12/h4,6-9,13H,2-3,5,10-11H2,1H3. The summed E-state index contributed by atoms with van der Waals surface area (Å²) in [6, 6.07) is 7.80. The van der Waals surface area contributed by atoms with E-state index in [-0.39, 0.29) is 15.9 Å². The first-order valence-corrected chi connectivity index (χ1v) is 7.83. The fourth-order valence-corrected chi connectivity index (χ4v) is 2.88. The minimum Gasteiger partial charge on any atom is -0.287 e. The first-order chi connectivity index (χ1) is 8.97. The van der Waals surface area contributed by atoms with Crippen LogP contribution in [0.2, 0.25) is 0 Å². The predicted octanol–water partition coefficient (Wildman–Crippen LogP) is 5.28. The minimum atomic E-state index is -3.26. The molecule has 1 rings (SSSR count). The third-order valence-electron chi connectivity index (χ3n) is 2.97. The van der Waals surface area contributed by atoms with Crippen molar-refractivity contribution in [2.45, 2.75) is 48.9 Å². The molecule has 0 aromatic heterocycles. The summed E-state index contributed by atoms with van der Waals surface area (Å²) < 4.78 is 27.7. The van der Waals surface area contributed by atoms with E-state index in [0.29, 0.717) is 0 Å². The molecule has 0 aliphatic rings. The van der Waals surface area contributed by atoms with E-state index in [1.54, 1.807) is 18.2 Å². The summed E-state index contributed by atoms with van der Waals surface area (Å²) in [5, 5.41) is 0. The SMILES string of the molecule is CCCCCC(I)CC(F)(F)C(=O)c1ccccc1. The monoisotopic (exact) mass is 380 g/mol. The molecule has 0 amide bonds. The molecule has 0 bridgehead atoms. The maximum absolute atomic E-state index is 13.9. The van der Waals surface area contributed by atoms with Gasteiger partial charge in [0.2, 0.25) is 5.78 Å². The summed E-state index contributed by atoms with van der Waals surface area (Å²) in [7, 11) is 0. The van der Waals surface area contributed by atoms with E-state index < -0.39 is 11.7 Å². The summed E-state index contributed by atoms with van der Waals surface area (Å²) in [4.78, 5) is 11.8. The van der Waals surface area contributed by atoms with E-state index >= 15 is 0 Å². The molecule has 0 N–H and O–H groups in total. The van der Waals surface area contributed by atoms with Gasteiger partial charge in [0.05, 0.1) is 0 Å². The van der Waals surface area contributed by atoms with Gasteiger partial charge in [0, 0.05) is 15.9 Å². The smallest absolute Gasteiger partial charge is 0.287 e. The van der Waals surface area contributed by atoms with Crippen LogP contribution in [0.3, 0.4) is 0 Å². The lowest BCUT2D eigenvalue weighted by molar-refractivity contribution is 0.00514. The molecule has 19 heavy (non-hydrogen) atoms. The first kappa shape index (κ1) is 16.5. The van der Waals surface area contributed by atoms with E-state index in [2.05, 4.69) is 6.92 Å². The van der Waals surface area contributed by atoms with Crippen LogP contribution in [0, 0.1) is 0 Å². The lowest BCUT2D eigenvalue weighted by atomic mass is 10.00. The topological polar surface area (TPSA) is 17.1 Å². The number of carbonyl (C=O) groups excluding carboxylic acids is 1. The zero-order valence-electron chi connectivity index (χ0n) is 11.0. The summed E-state index contributed by atoms with van der Waals surface area (Å²) in [5.41, 5.74) is 0.0876. The van der Waals surface area contributed by atoms with Crippen molar-refractivity contribution in [1.29, 1.82) is 0 Å². The Labute approximate surface area is 126 Å².